The molecule has 0 heterocycles. The normalized spacial score (nSPS) is 12.9. The summed E-state index contributed by atoms with van der Waals surface area (Å²) in [5.41, 5.74) is -0.256. The Morgan fingerprint density at radius 2 is 1.53 bits per heavy atom. The first-order valence-electron chi connectivity index (χ1n) is 9.27. The first kappa shape index (κ1) is 23.3. The molecule has 2 aromatic carbocycles. The van der Waals surface area contributed by atoms with Gasteiger partial charge in [0.05, 0.1) is 17.2 Å². The lowest BCUT2D eigenvalue weighted by Crippen LogP contribution is -2.38. The molecule has 5 nitrogen and oxygen atoms in total. The van der Waals surface area contributed by atoms with E-state index in [0.717, 1.165) is 12.1 Å². The van der Waals surface area contributed by atoms with Crippen molar-refractivity contribution < 1.29 is 32.6 Å². The van der Waals surface area contributed by atoms with E-state index in [4.69, 9.17) is 9.84 Å². The van der Waals surface area contributed by atoms with Crippen LogP contribution >= 0.6 is 0 Å². The van der Waals surface area contributed by atoms with Crippen molar-refractivity contribution in [3.8, 4) is 0 Å². The third-order valence-corrected chi connectivity index (χ3v) is 4.37. The van der Waals surface area contributed by atoms with Gasteiger partial charge >= 0.3 is 18.2 Å². The third-order valence-electron chi connectivity index (χ3n) is 4.37. The van der Waals surface area contributed by atoms with Crippen molar-refractivity contribution in [2.75, 3.05) is 0 Å². The number of carboxylic acid groups (broad SMARTS) is 1. The van der Waals surface area contributed by atoms with Gasteiger partial charge in [0.1, 0.15) is 5.60 Å². The molecule has 0 unspecified atom stereocenters. The predicted octanol–water partition coefficient (Wildman–Crippen LogP) is 5.90. The summed E-state index contributed by atoms with van der Waals surface area (Å²) >= 11 is 0. The number of carboxylic acids is 1. The molecule has 1 amide bonds. The first-order valence-corrected chi connectivity index (χ1v) is 9.27. The second-order valence-electron chi connectivity index (χ2n) is 7.91. The second kappa shape index (κ2) is 8.77. The standard InChI is InChI=1S/C22H24F3NO4/c1-14(16-9-11-18(12-10-16)22(23,24)25)26(20(29)30-21(2,3)4)13-15-5-7-17(8-6-15)19(27)28/h5-12,14H,13H2,1-4H3,(H,27,28)/t14-/m0/s1. The molecular formula is C22H24F3NO4. The van der Waals surface area contributed by atoms with Crippen molar-refractivity contribution in [1.29, 1.82) is 0 Å². The minimum Gasteiger partial charge on any atom is -0.478 e. The zero-order valence-corrected chi connectivity index (χ0v) is 17.2. The number of alkyl halides is 3. The zero-order chi connectivity index (χ0) is 22.7. The highest BCUT2D eigenvalue weighted by atomic mass is 19.4. The second-order valence-corrected chi connectivity index (χ2v) is 7.91. The fraction of sp³-hybridized carbons (Fsp3) is 0.364. The van der Waals surface area contributed by atoms with Crippen LogP contribution in [0.5, 0.6) is 0 Å². The van der Waals surface area contributed by atoms with Crippen LogP contribution in [0.3, 0.4) is 0 Å². The number of carbonyl (C=O) groups excluding carboxylic acids is 1. The van der Waals surface area contributed by atoms with E-state index in [1.54, 1.807) is 39.8 Å². The quantitative estimate of drug-likeness (QED) is 0.650. The van der Waals surface area contributed by atoms with E-state index in [1.165, 1.54) is 29.2 Å². The van der Waals surface area contributed by atoms with E-state index in [9.17, 15) is 22.8 Å². The van der Waals surface area contributed by atoms with Gasteiger partial charge in [-0.3, -0.25) is 4.90 Å². The number of amides is 1. The highest BCUT2D eigenvalue weighted by molar-refractivity contribution is 5.87. The number of rotatable bonds is 5. The highest BCUT2D eigenvalue weighted by Gasteiger charge is 2.31. The summed E-state index contributed by atoms with van der Waals surface area (Å²) in [6.07, 6.45) is -5.07. The van der Waals surface area contributed by atoms with Crippen LogP contribution in [0.1, 0.15) is 60.8 Å². The zero-order valence-electron chi connectivity index (χ0n) is 17.2. The van der Waals surface area contributed by atoms with Gasteiger partial charge in [-0.15, -0.1) is 0 Å². The Hall–Kier alpha value is -3.03. The van der Waals surface area contributed by atoms with Crippen molar-refractivity contribution in [2.24, 2.45) is 0 Å². The molecule has 30 heavy (non-hydrogen) atoms. The third kappa shape index (κ3) is 6.23. The van der Waals surface area contributed by atoms with Gasteiger partial charge in [-0.05, 0) is 63.1 Å². The van der Waals surface area contributed by atoms with Crippen LogP contribution in [0.2, 0.25) is 0 Å². The summed E-state index contributed by atoms with van der Waals surface area (Å²) in [6, 6.07) is 10.0. The number of hydrogen-bond acceptors (Lipinski definition) is 3. The SMILES string of the molecule is C[C@@H](c1ccc(C(F)(F)F)cc1)N(Cc1ccc(C(=O)O)cc1)C(=O)OC(C)(C)C. The molecule has 0 aromatic heterocycles. The maximum Gasteiger partial charge on any atom is 0.416 e. The highest BCUT2D eigenvalue weighted by Crippen LogP contribution is 2.31. The fourth-order valence-corrected chi connectivity index (χ4v) is 2.76. The smallest absolute Gasteiger partial charge is 0.416 e. The molecule has 0 aliphatic rings. The van der Waals surface area contributed by atoms with Crippen LogP contribution in [-0.4, -0.2) is 27.7 Å². The molecule has 1 atom stereocenters. The van der Waals surface area contributed by atoms with Gasteiger partial charge in [0.2, 0.25) is 0 Å². The molecule has 0 radical (unpaired) electrons. The maximum absolute atomic E-state index is 12.8. The van der Waals surface area contributed by atoms with Gasteiger partial charge < -0.3 is 9.84 Å². The largest absolute Gasteiger partial charge is 0.478 e. The lowest BCUT2D eigenvalue weighted by atomic mass is 10.0. The van der Waals surface area contributed by atoms with E-state index in [2.05, 4.69) is 0 Å². The number of hydrogen-bond donors (Lipinski definition) is 1. The van der Waals surface area contributed by atoms with Crippen LogP contribution in [0, 0.1) is 0 Å². The summed E-state index contributed by atoms with van der Waals surface area (Å²) in [6.45, 7) is 6.93. The van der Waals surface area contributed by atoms with Gasteiger partial charge in [-0.2, -0.15) is 13.2 Å². The van der Waals surface area contributed by atoms with E-state index in [1.807, 2.05) is 0 Å². The molecule has 0 saturated heterocycles. The maximum atomic E-state index is 12.8. The summed E-state index contributed by atoms with van der Waals surface area (Å²) in [4.78, 5) is 25.2. The van der Waals surface area contributed by atoms with Crippen molar-refractivity contribution in [2.45, 2.75) is 52.1 Å². The number of benzene rings is 2. The summed E-state index contributed by atoms with van der Waals surface area (Å²) in [7, 11) is 0. The Labute approximate surface area is 173 Å². The average Bonchev–Trinajstić information content (AvgIpc) is 2.64. The Balaban J connectivity index is 2.32. The van der Waals surface area contributed by atoms with E-state index in [0.29, 0.717) is 11.1 Å². The topological polar surface area (TPSA) is 66.8 Å². The van der Waals surface area contributed by atoms with Crippen molar-refractivity contribution in [3.05, 3.63) is 70.8 Å². The monoisotopic (exact) mass is 423 g/mol. The van der Waals surface area contributed by atoms with Crippen LogP contribution < -0.4 is 0 Å². The summed E-state index contributed by atoms with van der Waals surface area (Å²) < 4.78 is 44.0. The molecule has 162 valence electrons. The number of nitrogens with zero attached hydrogens (tertiary/aromatic N) is 1. The molecule has 0 fully saturated rings. The molecule has 0 aliphatic carbocycles. The molecule has 0 aliphatic heterocycles. The first-order chi connectivity index (χ1) is 13.8. The Bertz CT molecular complexity index is 885. The van der Waals surface area contributed by atoms with Crippen LogP contribution in [-0.2, 0) is 17.5 Å². The number of halogens is 3. The molecule has 0 spiro atoms. The summed E-state index contributed by atoms with van der Waals surface area (Å²) in [5, 5.41) is 9.03. The van der Waals surface area contributed by atoms with E-state index < -0.39 is 35.4 Å². The minimum atomic E-state index is -4.45. The van der Waals surface area contributed by atoms with Crippen LogP contribution in [0.4, 0.5) is 18.0 Å². The molecule has 0 bridgehead atoms. The van der Waals surface area contributed by atoms with E-state index >= 15 is 0 Å². The van der Waals surface area contributed by atoms with Crippen molar-refractivity contribution in [1.82, 2.24) is 4.90 Å². The van der Waals surface area contributed by atoms with Crippen molar-refractivity contribution in [3.63, 3.8) is 0 Å². The Morgan fingerprint density at radius 1 is 1.00 bits per heavy atom. The van der Waals surface area contributed by atoms with Gasteiger partial charge in [0.15, 0.2) is 0 Å². The molecule has 0 saturated carbocycles. The number of aromatic carboxylic acids is 1. The average molecular weight is 423 g/mol. The van der Waals surface area contributed by atoms with Crippen molar-refractivity contribution >= 4 is 12.1 Å². The predicted molar refractivity (Wildman–Crippen MR) is 105 cm³/mol. The minimum absolute atomic E-state index is 0.0942. The Morgan fingerprint density at radius 3 is 1.97 bits per heavy atom. The van der Waals surface area contributed by atoms with E-state index in [-0.39, 0.29) is 12.1 Å². The van der Waals surface area contributed by atoms with Gasteiger partial charge in [-0.25, -0.2) is 9.59 Å². The molecule has 1 N–H and O–H groups in total. The van der Waals surface area contributed by atoms with Gasteiger partial charge in [-0.1, -0.05) is 24.3 Å². The lowest BCUT2D eigenvalue weighted by molar-refractivity contribution is -0.137. The summed E-state index contributed by atoms with van der Waals surface area (Å²) in [5.74, 6) is -1.07. The lowest BCUT2D eigenvalue weighted by Gasteiger charge is -2.32. The molecule has 2 rings (SSSR count). The molecular weight excluding hydrogens is 399 g/mol. The Kier molecular flexibility index (Phi) is 6.80. The number of ether oxygens (including phenoxy) is 1. The fourth-order valence-electron chi connectivity index (χ4n) is 2.76. The van der Waals surface area contributed by atoms with Crippen LogP contribution in [0.15, 0.2) is 48.5 Å². The van der Waals surface area contributed by atoms with Crippen LogP contribution in [0.25, 0.3) is 0 Å². The number of carbonyl (C=O) groups is 2. The molecule has 8 heteroatoms. The molecule has 2 aromatic rings. The van der Waals surface area contributed by atoms with Gasteiger partial charge in [0.25, 0.3) is 0 Å². The van der Waals surface area contributed by atoms with Gasteiger partial charge in [0, 0.05) is 6.54 Å².